The monoisotopic (exact) mass is 284 g/mol. The summed E-state index contributed by atoms with van der Waals surface area (Å²) in [6.45, 7) is 0.469. The van der Waals surface area contributed by atoms with Crippen molar-refractivity contribution in [1.29, 1.82) is 0 Å². The molecule has 1 unspecified atom stereocenters. The molecule has 0 amide bonds. The Morgan fingerprint density at radius 1 is 1.29 bits per heavy atom. The van der Waals surface area contributed by atoms with Crippen LogP contribution in [0.1, 0.15) is 11.8 Å². The van der Waals surface area contributed by atoms with E-state index in [2.05, 4.69) is 9.97 Å². The Morgan fingerprint density at radius 3 is 2.86 bits per heavy atom. The van der Waals surface area contributed by atoms with E-state index >= 15 is 0 Å². The SMILES string of the molecule is CN(C)C(Cn1cnc2ncccc2c1=O)c1ccco1. The second-order valence-electron chi connectivity index (χ2n) is 5.07. The van der Waals surface area contributed by atoms with Crippen molar-refractivity contribution < 1.29 is 4.42 Å². The third-order valence-electron chi connectivity index (χ3n) is 3.46. The Kier molecular flexibility index (Phi) is 3.53. The van der Waals surface area contributed by atoms with Gasteiger partial charge in [0.1, 0.15) is 12.1 Å². The molecule has 6 nitrogen and oxygen atoms in total. The van der Waals surface area contributed by atoms with Crippen LogP contribution in [0.5, 0.6) is 0 Å². The van der Waals surface area contributed by atoms with E-state index in [1.807, 2.05) is 31.1 Å². The molecule has 0 aliphatic heterocycles. The van der Waals surface area contributed by atoms with E-state index in [-0.39, 0.29) is 11.6 Å². The fourth-order valence-corrected chi connectivity index (χ4v) is 2.30. The summed E-state index contributed by atoms with van der Waals surface area (Å²) in [6.07, 6.45) is 4.80. The molecule has 0 aliphatic carbocycles. The first kappa shape index (κ1) is 13.5. The van der Waals surface area contributed by atoms with Crippen molar-refractivity contribution in [3.05, 3.63) is 59.2 Å². The number of likely N-dealkylation sites (N-methyl/N-ethyl adjacent to an activating group) is 1. The Hall–Kier alpha value is -2.47. The summed E-state index contributed by atoms with van der Waals surface area (Å²) in [5, 5.41) is 0.525. The zero-order chi connectivity index (χ0) is 14.8. The summed E-state index contributed by atoms with van der Waals surface area (Å²) in [7, 11) is 3.91. The molecule has 0 N–H and O–H groups in total. The molecule has 3 aromatic heterocycles. The second-order valence-corrected chi connectivity index (χ2v) is 5.07. The molecule has 108 valence electrons. The lowest BCUT2D eigenvalue weighted by atomic mass is 10.2. The minimum absolute atomic E-state index is 0.0337. The molecule has 0 saturated carbocycles. The van der Waals surface area contributed by atoms with Gasteiger partial charge in [0.15, 0.2) is 5.65 Å². The van der Waals surface area contributed by atoms with Crippen LogP contribution >= 0.6 is 0 Å². The van der Waals surface area contributed by atoms with Gasteiger partial charge in [-0.05, 0) is 38.4 Å². The van der Waals surface area contributed by atoms with Gasteiger partial charge in [0.05, 0.1) is 17.7 Å². The summed E-state index contributed by atoms with van der Waals surface area (Å²) >= 11 is 0. The third kappa shape index (κ3) is 2.57. The van der Waals surface area contributed by atoms with Gasteiger partial charge in [-0.1, -0.05) is 0 Å². The molecule has 21 heavy (non-hydrogen) atoms. The van der Waals surface area contributed by atoms with Crippen LogP contribution in [0.15, 0.2) is 52.3 Å². The van der Waals surface area contributed by atoms with Crippen molar-refractivity contribution in [1.82, 2.24) is 19.4 Å². The van der Waals surface area contributed by atoms with Crippen molar-refractivity contribution in [2.24, 2.45) is 0 Å². The maximum Gasteiger partial charge on any atom is 0.262 e. The lowest BCUT2D eigenvalue weighted by Gasteiger charge is -2.22. The lowest BCUT2D eigenvalue weighted by Crippen LogP contribution is -2.30. The van der Waals surface area contributed by atoms with E-state index in [9.17, 15) is 4.79 Å². The maximum absolute atomic E-state index is 12.5. The van der Waals surface area contributed by atoms with Gasteiger partial charge in [-0.25, -0.2) is 9.97 Å². The molecular formula is C15H16N4O2. The molecular weight excluding hydrogens is 268 g/mol. The fourth-order valence-electron chi connectivity index (χ4n) is 2.30. The van der Waals surface area contributed by atoms with Crippen LogP contribution in [0.4, 0.5) is 0 Å². The molecule has 6 heteroatoms. The van der Waals surface area contributed by atoms with Crippen molar-refractivity contribution in [3.8, 4) is 0 Å². The van der Waals surface area contributed by atoms with Crippen LogP contribution in [0.2, 0.25) is 0 Å². The summed E-state index contributed by atoms with van der Waals surface area (Å²) in [6, 6.07) is 7.20. The highest BCUT2D eigenvalue weighted by atomic mass is 16.3. The molecule has 0 spiro atoms. The molecule has 0 bridgehead atoms. The second kappa shape index (κ2) is 5.49. The highest BCUT2D eigenvalue weighted by Crippen LogP contribution is 2.20. The third-order valence-corrected chi connectivity index (χ3v) is 3.46. The van der Waals surface area contributed by atoms with Crippen molar-refractivity contribution in [2.75, 3.05) is 14.1 Å². The van der Waals surface area contributed by atoms with Gasteiger partial charge in [0.25, 0.3) is 5.56 Å². The van der Waals surface area contributed by atoms with Gasteiger partial charge in [0.2, 0.25) is 0 Å². The minimum Gasteiger partial charge on any atom is -0.468 e. The number of pyridine rings is 1. The topological polar surface area (TPSA) is 64.2 Å². The van der Waals surface area contributed by atoms with Crippen molar-refractivity contribution >= 4 is 11.0 Å². The number of rotatable bonds is 4. The van der Waals surface area contributed by atoms with Gasteiger partial charge in [-0.15, -0.1) is 0 Å². The van der Waals surface area contributed by atoms with Gasteiger partial charge in [-0.3, -0.25) is 14.3 Å². The van der Waals surface area contributed by atoms with Crippen LogP contribution in [-0.4, -0.2) is 33.5 Å². The van der Waals surface area contributed by atoms with E-state index in [4.69, 9.17) is 4.42 Å². The van der Waals surface area contributed by atoms with Crippen LogP contribution in [0, 0.1) is 0 Å². The minimum atomic E-state index is -0.0912. The van der Waals surface area contributed by atoms with Gasteiger partial charge in [0, 0.05) is 12.7 Å². The zero-order valence-electron chi connectivity index (χ0n) is 11.9. The lowest BCUT2D eigenvalue weighted by molar-refractivity contribution is 0.230. The largest absolute Gasteiger partial charge is 0.468 e. The first-order valence-corrected chi connectivity index (χ1v) is 6.67. The van der Waals surface area contributed by atoms with Crippen LogP contribution in [0.3, 0.4) is 0 Å². The summed E-state index contributed by atoms with van der Waals surface area (Å²) < 4.78 is 7.06. The molecule has 3 rings (SSSR count). The molecule has 0 radical (unpaired) electrons. The van der Waals surface area contributed by atoms with E-state index in [0.717, 1.165) is 5.76 Å². The predicted molar refractivity (Wildman–Crippen MR) is 78.9 cm³/mol. The standard InChI is InChI=1S/C15H16N4O2/c1-18(2)12(13-6-4-8-21-13)9-19-10-17-14-11(15(19)20)5-3-7-16-14/h3-8,10,12H,9H2,1-2H3. The first-order valence-electron chi connectivity index (χ1n) is 6.67. The van der Waals surface area contributed by atoms with Gasteiger partial charge in [-0.2, -0.15) is 0 Å². The zero-order valence-corrected chi connectivity index (χ0v) is 11.9. The normalized spacial score (nSPS) is 12.9. The molecule has 3 aromatic rings. The van der Waals surface area contributed by atoms with Crippen LogP contribution in [0.25, 0.3) is 11.0 Å². The fraction of sp³-hybridized carbons (Fsp3) is 0.267. The number of nitrogens with zero attached hydrogens (tertiary/aromatic N) is 4. The van der Waals surface area contributed by atoms with Crippen molar-refractivity contribution in [3.63, 3.8) is 0 Å². The molecule has 0 fully saturated rings. The Labute approximate surface area is 121 Å². The highest BCUT2D eigenvalue weighted by molar-refractivity contribution is 5.72. The van der Waals surface area contributed by atoms with Crippen LogP contribution < -0.4 is 5.56 Å². The Balaban J connectivity index is 2.01. The average molecular weight is 284 g/mol. The van der Waals surface area contributed by atoms with E-state index in [1.165, 1.54) is 6.33 Å². The molecule has 1 atom stereocenters. The number of aromatic nitrogens is 3. The predicted octanol–water partition coefficient (Wildman–Crippen LogP) is 1.69. The number of hydrogen-bond donors (Lipinski definition) is 0. The van der Waals surface area contributed by atoms with E-state index in [0.29, 0.717) is 17.6 Å². The number of furan rings is 1. The number of fused-ring (bicyclic) bond motifs is 1. The van der Waals surface area contributed by atoms with Gasteiger partial charge < -0.3 is 4.42 Å². The highest BCUT2D eigenvalue weighted by Gasteiger charge is 2.18. The summed E-state index contributed by atoms with van der Waals surface area (Å²) in [5.74, 6) is 0.818. The molecule has 0 aromatic carbocycles. The Bertz CT molecular complexity index is 793. The summed E-state index contributed by atoms with van der Waals surface area (Å²) in [5.41, 5.74) is 0.379. The quantitative estimate of drug-likeness (QED) is 0.729. The van der Waals surface area contributed by atoms with E-state index < -0.39 is 0 Å². The van der Waals surface area contributed by atoms with E-state index in [1.54, 1.807) is 29.2 Å². The van der Waals surface area contributed by atoms with Crippen LogP contribution in [-0.2, 0) is 6.54 Å². The molecule has 3 heterocycles. The molecule has 0 saturated heterocycles. The number of hydrogen-bond acceptors (Lipinski definition) is 5. The smallest absolute Gasteiger partial charge is 0.262 e. The average Bonchev–Trinajstić information content (AvgIpc) is 3.00. The first-order chi connectivity index (χ1) is 10.2. The van der Waals surface area contributed by atoms with Crippen molar-refractivity contribution in [2.45, 2.75) is 12.6 Å². The summed E-state index contributed by atoms with van der Waals surface area (Å²) in [4.78, 5) is 22.8. The molecule has 0 aliphatic rings. The van der Waals surface area contributed by atoms with Gasteiger partial charge >= 0.3 is 0 Å². The maximum atomic E-state index is 12.5. The Morgan fingerprint density at radius 2 is 2.14 bits per heavy atom.